The van der Waals surface area contributed by atoms with Crippen molar-refractivity contribution in [2.24, 2.45) is 0 Å². The summed E-state index contributed by atoms with van der Waals surface area (Å²) in [6.45, 7) is 0. The Balaban J connectivity index is 2.08. The van der Waals surface area contributed by atoms with E-state index in [1.165, 1.54) is 0 Å². The lowest BCUT2D eigenvalue weighted by molar-refractivity contribution is 0.902. The van der Waals surface area contributed by atoms with Crippen molar-refractivity contribution in [1.29, 1.82) is 0 Å². The van der Waals surface area contributed by atoms with E-state index in [4.69, 9.17) is 6.85 Å². The van der Waals surface area contributed by atoms with E-state index in [1.54, 1.807) is 11.8 Å². The fraction of sp³-hybridized carbons (Fsp3) is 0.0526. The molecule has 0 bridgehead atoms. The van der Waals surface area contributed by atoms with Gasteiger partial charge in [0.15, 0.2) is 0 Å². The Kier molecular flexibility index (Phi) is 1.86. The summed E-state index contributed by atoms with van der Waals surface area (Å²) in [7, 11) is 0. The minimum Gasteiger partial charge on any atom is -0.0895 e. The van der Waals surface area contributed by atoms with Crippen molar-refractivity contribution in [2.45, 2.75) is 15.7 Å². The first-order chi connectivity index (χ1) is 12.0. The van der Waals surface area contributed by atoms with E-state index < -0.39 is 0 Å². The molecule has 0 unspecified atom stereocenters. The molecule has 0 aliphatic carbocycles. The van der Waals surface area contributed by atoms with Gasteiger partial charge in [0.05, 0.1) is 6.85 Å². The summed E-state index contributed by atoms with van der Waals surface area (Å²) in [5.41, 5.74) is 2.29. The molecule has 0 N–H and O–H groups in total. The first-order valence-electron chi connectivity index (χ1n) is 8.93. The molecule has 0 saturated heterocycles. The van der Waals surface area contributed by atoms with Crippen LogP contribution in [0.3, 0.4) is 0 Å². The third kappa shape index (κ3) is 1.86. The van der Waals surface area contributed by atoms with Gasteiger partial charge < -0.3 is 0 Å². The molecular formula is C19H14S. The third-order valence-corrected chi connectivity index (χ3v) is 4.67. The Morgan fingerprint density at radius 1 is 0.750 bits per heavy atom. The Labute approximate surface area is 130 Å². The fourth-order valence-electron chi connectivity index (χ4n) is 2.62. The predicted molar refractivity (Wildman–Crippen MR) is 84.4 cm³/mol. The molecule has 4 rings (SSSR count). The highest BCUT2D eigenvalue weighted by Gasteiger charge is 2.26. The van der Waals surface area contributed by atoms with E-state index in [0.29, 0.717) is 5.56 Å². The molecule has 0 atom stereocenters. The van der Waals surface area contributed by atoms with Crippen molar-refractivity contribution in [3.8, 4) is 0 Å². The van der Waals surface area contributed by atoms with Gasteiger partial charge in [-0.05, 0) is 28.8 Å². The molecule has 1 aliphatic heterocycles. The van der Waals surface area contributed by atoms with Crippen LogP contribution < -0.4 is 0 Å². The SMILES string of the molecule is [2H]c1c([2H])c([2H])c(C2c3ccccc3Sc3ccccc32)c([2H])c1[2H]. The average molecular weight is 279 g/mol. The Morgan fingerprint density at radius 3 is 1.90 bits per heavy atom. The summed E-state index contributed by atoms with van der Waals surface area (Å²) < 4.78 is 40.6. The lowest BCUT2D eigenvalue weighted by Crippen LogP contribution is -2.09. The molecule has 96 valence electrons. The third-order valence-electron chi connectivity index (χ3n) is 3.49. The van der Waals surface area contributed by atoms with Crippen molar-refractivity contribution in [3.05, 3.63) is 95.4 Å². The lowest BCUT2D eigenvalue weighted by Gasteiger charge is -2.28. The van der Waals surface area contributed by atoms with Gasteiger partial charge in [-0.3, -0.25) is 0 Å². The van der Waals surface area contributed by atoms with Crippen LogP contribution in [0.15, 0.2) is 88.5 Å². The number of hydrogen-bond acceptors (Lipinski definition) is 1. The number of benzene rings is 3. The highest BCUT2D eigenvalue weighted by molar-refractivity contribution is 7.99. The summed E-state index contributed by atoms with van der Waals surface area (Å²) in [5, 5.41) is 0. The van der Waals surface area contributed by atoms with Crippen LogP contribution in [0, 0.1) is 0 Å². The van der Waals surface area contributed by atoms with Crippen LogP contribution in [0.4, 0.5) is 0 Å². The van der Waals surface area contributed by atoms with Crippen LogP contribution in [-0.4, -0.2) is 0 Å². The van der Waals surface area contributed by atoms with E-state index in [1.807, 2.05) is 48.5 Å². The van der Waals surface area contributed by atoms with Gasteiger partial charge in [0.1, 0.15) is 0 Å². The molecule has 0 saturated carbocycles. The van der Waals surface area contributed by atoms with E-state index in [0.717, 1.165) is 20.9 Å². The maximum atomic E-state index is 8.38. The van der Waals surface area contributed by atoms with Gasteiger partial charge >= 0.3 is 0 Å². The van der Waals surface area contributed by atoms with E-state index in [9.17, 15) is 0 Å². The van der Waals surface area contributed by atoms with Crippen molar-refractivity contribution in [1.82, 2.24) is 0 Å². The van der Waals surface area contributed by atoms with Gasteiger partial charge in [0.2, 0.25) is 0 Å². The van der Waals surface area contributed by atoms with Crippen LogP contribution >= 0.6 is 11.8 Å². The largest absolute Gasteiger partial charge is 0.0895 e. The average Bonchev–Trinajstić information content (AvgIpc) is 2.64. The maximum absolute atomic E-state index is 8.38. The molecule has 0 radical (unpaired) electrons. The summed E-state index contributed by atoms with van der Waals surface area (Å²) in [4.78, 5) is 2.11. The molecule has 1 aliphatic rings. The normalized spacial score (nSPS) is 17.1. The fourth-order valence-corrected chi connectivity index (χ4v) is 3.76. The van der Waals surface area contributed by atoms with Crippen molar-refractivity contribution >= 4 is 11.8 Å². The molecule has 1 heteroatoms. The van der Waals surface area contributed by atoms with Crippen LogP contribution in [-0.2, 0) is 0 Å². The van der Waals surface area contributed by atoms with Crippen LogP contribution in [0.25, 0.3) is 0 Å². The van der Waals surface area contributed by atoms with Gasteiger partial charge in [-0.25, -0.2) is 0 Å². The number of fused-ring (bicyclic) bond motifs is 2. The summed E-state index contributed by atoms with van der Waals surface area (Å²) in [6, 6.07) is 14.5. The zero-order chi connectivity index (χ0) is 17.7. The molecule has 0 spiro atoms. The van der Waals surface area contributed by atoms with Crippen LogP contribution in [0.2, 0.25) is 0 Å². The smallest absolute Gasteiger partial charge is 0.0626 e. The molecule has 0 aromatic heterocycles. The minimum atomic E-state index is -0.373. The molecule has 0 fully saturated rings. The summed E-state index contributed by atoms with van der Waals surface area (Å²) in [6.07, 6.45) is 0. The van der Waals surface area contributed by atoms with Crippen molar-refractivity contribution < 1.29 is 6.85 Å². The zero-order valence-electron chi connectivity index (χ0n) is 15.6. The molecule has 0 amide bonds. The molecule has 1 heterocycles. The molecule has 20 heavy (non-hydrogen) atoms. The summed E-state index contributed by atoms with van der Waals surface area (Å²) >= 11 is 1.65. The first kappa shape index (κ1) is 7.70. The van der Waals surface area contributed by atoms with Crippen LogP contribution in [0.1, 0.15) is 29.5 Å². The van der Waals surface area contributed by atoms with E-state index in [-0.39, 0.29) is 36.1 Å². The van der Waals surface area contributed by atoms with Gasteiger partial charge in [-0.15, -0.1) is 0 Å². The second-order valence-electron chi connectivity index (χ2n) is 4.65. The van der Waals surface area contributed by atoms with Crippen molar-refractivity contribution in [3.63, 3.8) is 0 Å². The van der Waals surface area contributed by atoms with Gasteiger partial charge in [0.25, 0.3) is 0 Å². The Morgan fingerprint density at radius 2 is 1.30 bits per heavy atom. The number of rotatable bonds is 1. The Bertz CT molecular complexity index is 925. The first-order valence-corrected chi connectivity index (χ1v) is 7.25. The predicted octanol–water partition coefficient (Wildman–Crippen LogP) is 5.33. The number of hydrogen-bond donors (Lipinski definition) is 0. The highest BCUT2D eigenvalue weighted by atomic mass is 32.2. The van der Waals surface area contributed by atoms with Gasteiger partial charge in [-0.1, -0.05) is 78.4 Å². The maximum Gasteiger partial charge on any atom is 0.0626 e. The quantitative estimate of drug-likeness (QED) is 0.454. The van der Waals surface area contributed by atoms with Gasteiger partial charge in [0, 0.05) is 15.7 Å². The molecule has 3 aromatic rings. The highest BCUT2D eigenvalue weighted by Crippen LogP contribution is 2.48. The minimum absolute atomic E-state index is 0.132. The second-order valence-corrected chi connectivity index (χ2v) is 5.73. The topological polar surface area (TPSA) is 0 Å². The summed E-state index contributed by atoms with van der Waals surface area (Å²) in [5.74, 6) is -0.373. The van der Waals surface area contributed by atoms with Crippen LogP contribution in [0.5, 0.6) is 0 Å². The molecule has 0 nitrogen and oxygen atoms in total. The monoisotopic (exact) mass is 279 g/mol. The van der Waals surface area contributed by atoms with Crippen molar-refractivity contribution in [2.75, 3.05) is 0 Å². The molecule has 3 aromatic carbocycles. The standard InChI is InChI=1S/C19H14S/c1-2-8-14(9-3-1)19-15-10-4-6-12-17(15)20-18-13-7-5-11-16(18)19/h1-13,19H/i1D,2D,3D,8D,9D. The lowest BCUT2D eigenvalue weighted by atomic mass is 9.85. The zero-order valence-corrected chi connectivity index (χ0v) is 11.4. The molecular weight excluding hydrogens is 260 g/mol. The second kappa shape index (κ2) is 4.84. The van der Waals surface area contributed by atoms with E-state index in [2.05, 4.69) is 0 Å². The Hall–Kier alpha value is -1.99. The van der Waals surface area contributed by atoms with Gasteiger partial charge in [-0.2, -0.15) is 0 Å². The van der Waals surface area contributed by atoms with E-state index >= 15 is 0 Å².